The predicted molar refractivity (Wildman–Crippen MR) is 64.5 cm³/mol. The number of carbonyl (C=O) groups excluding carboxylic acids is 1. The molecule has 1 N–H and O–H groups in total. The van der Waals surface area contributed by atoms with E-state index in [9.17, 15) is 4.79 Å². The van der Waals surface area contributed by atoms with Gasteiger partial charge in [0.2, 0.25) is 5.91 Å². The largest absolute Gasteiger partial charge is 0.396 e. The number of hydrogen-bond donors (Lipinski definition) is 1. The van der Waals surface area contributed by atoms with Gasteiger partial charge >= 0.3 is 0 Å². The van der Waals surface area contributed by atoms with E-state index in [0.29, 0.717) is 28.4 Å². The molecular weight excluding hydrogens is 295 g/mol. The fraction of sp³-hybridized carbons (Fsp3) is 0.400. The van der Waals surface area contributed by atoms with Gasteiger partial charge < -0.3 is 10.0 Å². The van der Waals surface area contributed by atoms with E-state index in [2.05, 4.69) is 20.9 Å². The topological polar surface area (TPSA) is 53.4 Å². The third-order valence-corrected chi connectivity index (χ3v) is 3.34. The van der Waals surface area contributed by atoms with Crippen LogP contribution in [0.5, 0.6) is 0 Å². The van der Waals surface area contributed by atoms with Crippen LogP contribution in [0.15, 0.2) is 16.7 Å². The molecule has 1 saturated heterocycles. The number of anilines is 1. The number of aliphatic hydroxyl groups excluding tert-OH is 1. The number of carbonyl (C=O) groups is 1. The lowest BCUT2D eigenvalue weighted by molar-refractivity contribution is -0.117. The highest BCUT2D eigenvalue weighted by Crippen LogP contribution is 2.31. The van der Waals surface area contributed by atoms with Gasteiger partial charge in [-0.2, -0.15) is 0 Å². The van der Waals surface area contributed by atoms with Crippen molar-refractivity contribution in [2.45, 2.75) is 6.42 Å². The summed E-state index contributed by atoms with van der Waals surface area (Å²) in [5.74, 6) is 0.0129. The summed E-state index contributed by atoms with van der Waals surface area (Å²) in [6.45, 7) is 0.554. The molecule has 1 amide bonds. The Morgan fingerprint density at radius 3 is 2.94 bits per heavy atom. The Morgan fingerprint density at radius 2 is 2.38 bits per heavy atom. The first-order valence-corrected chi connectivity index (χ1v) is 6.02. The summed E-state index contributed by atoms with van der Waals surface area (Å²) in [5, 5.41) is 9.41. The van der Waals surface area contributed by atoms with Crippen molar-refractivity contribution >= 4 is 39.1 Å². The van der Waals surface area contributed by atoms with Gasteiger partial charge in [0, 0.05) is 25.5 Å². The number of hydrogen-bond acceptors (Lipinski definition) is 3. The zero-order valence-corrected chi connectivity index (χ0v) is 10.7. The molecule has 4 nitrogen and oxygen atoms in total. The van der Waals surface area contributed by atoms with Gasteiger partial charge in [0.25, 0.3) is 0 Å². The van der Waals surface area contributed by atoms with Crippen LogP contribution < -0.4 is 4.90 Å². The monoisotopic (exact) mass is 304 g/mol. The van der Waals surface area contributed by atoms with E-state index >= 15 is 0 Å². The van der Waals surface area contributed by atoms with Crippen molar-refractivity contribution in [1.29, 1.82) is 0 Å². The lowest BCUT2D eigenvalue weighted by Crippen LogP contribution is -2.25. The number of amides is 1. The Balaban J connectivity index is 2.28. The van der Waals surface area contributed by atoms with E-state index in [0.717, 1.165) is 0 Å². The maximum absolute atomic E-state index is 11.7. The normalized spacial score (nSPS) is 20.6. The lowest BCUT2D eigenvalue weighted by atomic mass is 10.1. The van der Waals surface area contributed by atoms with Gasteiger partial charge in [-0.25, -0.2) is 4.98 Å². The van der Waals surface area contributed by atoms with E-state index in [4.69, 9.17) is 16.7 Å². The molecule has 0 spiro atoms. The van der Waals surface area contributed by atoms with Crippen LogP contribution in [0.3, 0.4) is 0 Å². The molecule has 1 unspecified atom stereocenters. The maximum Gasteiger partial charge on any atom is 0.227 e. The van der Waals surface area contributed by atoms with Crippen molar-refractivity contribution in [3.63, 3.8) is 0 Å². The lowest BCUT2D eigenvalue weighted by Gasteiger charge is -2.17. The number of aromatic nitrogens is 1. The summed E-state index contributed by atoms with van der Waals surface area (Å²) < 4.78 is 0.548. The molecule has 0 saturated carbocycles. The first-order valence-electron chi connectivity index (χ1n) is 4.85. The van der Waals surface area contributed by atoms with Gasteiger partial charge in [0.15, 0.2) is 0 Å². The summed E-state index contributed by atoms with van der Waals surface area (Å²) in [7, 11) is 0. The second kappa shape index (κ2) is 4.69. The number of nitrogens with zero attached hydrogens (tertiary/aromatic N) is 2. The van der Waals surface area contributed by atoms with E-state index in [1.54, 1.807) is 17.0 Å². The number of pyridine rings is 1. The van der Waals surface area contributed by atoms with Gasteiger partial charge in [-0.1, -0.05) is 11.6 Å². The molecule has 16 heavy (non-hydrogen) atoms. The molecule has 1 aromatic heterocycles. The molecule has 86 valence electrons. The Hall–Kier alpha value is -0.650. The number of rotatable bonds is 2. The van der Waals surface area contributed by atoms with Crippen LogP contribution in [0.2, 0.25) is 5.15 Å². The van der Waals surface area contributed by atoms with Gasteiger partial charge in [-0.05, 0) is 28.1 Å². The third kappa shape index (κ3) is 2.21. The van der Waals surface area contributed by atoms with Crippen molar-refractivity contribution < 1.29 is 9.90 Å². The quantitative estimate of drug-likeness (QED) is 0.848. The summed E-state index contributed by atoms with van der Waals surface area (Å²) >= 11 is 9.01. The van der Waals surface area contributed by atoms with Crippen molar-refractivity contribution in [2.24, 2.45) is 5.92 Å². The minimum Gasteiger partial charge on any atom is -0.396 e. The Labute approximate surface area is 106 Å². The molecule has 6 heteroatoms. The zero-order valence-electron chi connectivity index (χ0n) is 8.36. The SMILES string of the molecule is O=C1CC(CO)CN1c1ccc(Cl)nc1Br. The Bertz CT molecular complexity index is 427. The second-order valence-electron chi connectivity index (χ2n) is 3.70. The van der Waals surface area contributed by atoms with E-state index in [-0.39, 0.29) is 18.4 Å². The molecule has 0 bridgehead atoms. The molecule has 1 aliphatic heterocycles. The number of halogens is 2. The van der Waals surface area contributed by atoms with Crippen LogP contribution in [-0.2, 0) is 4.79 Å². The minimum absolute atomic E-state index is 0.00359. The highest BCUT2D eigenvalue weighted by molar-refractivity contribution is 9.10. The van der Waals surface area contributed by atoms with Gasteiger partial charge in [0.1, 0.15) is 9.76 Å². The van der Waals surface area contributed by atoms with Crippen LogP contribution in [0.4, 0.5) is 5.69 Å². The van der Waals surface area contributed by atoms with E-state index in [1.165, 1.54) is 0 Å². The molecule has 1 aromatic rings. The van der Waals surface area contributed by atoms with Gasteiger partial charge in [-0.3, -0.25) is 4.79 Å². The van der Waals surface area contributed by atoms with Crippen LogP contribution in [0.1, 0.15) is 6.42 Å². The predicted octanol–water partition coefficient (Wildman–Crippen LogP) is 1.84. The molecule has 2 heterocycles. The van der Waals surface area contributed by atoms with Crippen LogP contribution in [-0.4, -0.2) is 29.1 Å². The molecule has 0 aliphatic carbocycles. The molecule has 0 aromatic carbocycles. The highest BCUT2D eigenvalue weighted by atomic mass is 79.9. The molecule has 1 aliphatic rings. The summed E-state index contributed by atoms with van der Waals surface area (Å²) in [4.78, 5) is 17.4. The average Bonchev–Trinajstić information content (AvgIpc) is 2.60. The van der Waals surface area contributed by atoms with Crippen LogP contribution >= 0.6 is 27.5 Å². The van der Waals surface area contributed by atoms with Crippen molar-refractivity contribution in [3.8, 4) is 0 Å². The first kappa shape index (κ1) is 11.8. The van der Waals surface area contributed by atoms with Crippen molar-refractivity contribution in [3.05, 3.63) is 21.9 Å². The average molecular weight is 306 g/mol. The molecular formula is C10H10BrClN2O2. The standard InChI is InChI=1S/C10H10BrClN2O2/c11-10-7(1-2-8(12)13-10)14-4-6(5-15)3-9(14)16/h1-2,6,15H,3-5H2. The minimum atomic E-state index is 0.00359. The molecule has 1 atom stereocenters. The third-order valence-electron chi connectivity index (χ3n) is 2.55. The fourth-order valence-electron chi connectivity index (χ4n) is 1.74. The molecule has 1 fully saturated rings. The fourth-order valence-corrected chi connectivity index (χ4v) is 2.53. The highest BCUT2D eigenvalue weighted by Gasteiger charge is 2.31. The Kier molecular flexibility index (Phi) is 3.47. The van der Waals surface area contributed by atoms with Gasteiger partial charge in [-0.15, -0.1) is 0 Å². The molecule has 2 rings (SSSR count). The van der Waals surface area contributed by atoms with Crippen molar-refractivity contribution in [2.75, 3.05) is 18.1 Å². The zero-order chi connectivity index (χ0) is 11.7. The Morgan fingerprint density at radius 1 is 1.62 bits per heavy atom. The van der Waals surface area contributed by atoms with Crippen molar-refractivity contribution in [1.82, 2.24) is 4.98 Å². The smallest absolute Gasteiger partial charge is 0.227 e. The van der Waals surface area contributed by atoms with Crippen LogP contribution in [0.25, 0.3) is 0 Å². The number of aliphatic hydroxyl groups is 1. The van der Waals surface area contributed by atoms with Crippen LogP contribution in [0, 0.1) is 5.92 Å². The summed E-state index contributed by atoms with van der Waals surface area (Å²) in [6, 6.07) is 3.39. The van der Waals surface area contributed by atoms with E-state index in [1.807, 2.05) is 0 Å². The van der Waals surface area contributed by atoms with Gasteiger partial charge in [0.05, 0.1) is 5.69 Å². The summed E-state index contributed by atoms with van der Waals surface area (Å²) in [5.41, 5.74) is 0.699. The second-order valence-corrected chi connectivity index (χ2v) is 4.84. The first-order chi connectivity index (χ1) is 7.61. The summed E-state index contributed by atoms with van der Waals surface area (Å²) in [6.07, 6.45) is 0.381. The maximum atomic E-state index is 11.7. The van der Waals surface area contributed by atoms with E-state index < -0.39 is 0 Å². The molecule has 0 radical (unpaired) electrons.